The normalized spacial score (nSPS) is 11.7. The van der Waals surface area contributed by atoms with Crippen LogP contribution < -0.4 is 0 Å². The van der Waals surface area contributed by atoms with Gasteiger partial charge >= 0.3 is 0 Å². The summed E-state index contributed by atoms with van der Waals surface area (Å²) in [4.78, 5) is 2.14. The molecule has 0 aliphatic carbocycles. The maximum absolute atomic E-state index is 4.27. The molecule has 0 saturated heterocycles. The molecule has 0 amide bonds. The van der Waals surface area contributed by atoms with E-state index >= 15 is 0 Å². The number of allylic oxidation sites excluding steroid dienone is 3. The van der Waals surface area contributed by atoms with Gasteiger partial charge in [0.2, 0.25) is 0 Å². The predicted octanol–water partition coefficient (Wildman–Crippen LogP) is 3.82. The Bertz CT molecular complexity index is 148. The van der Waals surface area contributed by atoms with E-state index in [-0.39, 0.29) is 0 Å². The summed E-state index contributed by atoms with van der Waals surface area (Å²) in [5, 5.41) is 0. The number of hydrogen-bond donors (Lipinski definition) is 2. The van der Waals surface area contributed by atoms with E-state index < -0.39 is 0 Å². The van der Waals surface area contributed by atoms with E-state index in [1.807, 2.05) is 0 Å². The van der Waals surface area contributed by atoms with Crippen LogP contribution in [-0.2, 0) is 0 Å². The zero-order valence-electron chi connectivity index (χ0n) is 7.01. The lowest BCUT2D eigenvalue weighted by molar-refractivity contribution is 0.858. The van der Waals surface area contributed by atoms with Gasteiger partial charge in [-0.1, -0.05) is 19.6 Å². The summed E-state index contributed by atoms with van der Waals surface area (Å²) in [6.07, 6.45) is 6.42. The SMILES string of the molecule is C=C(S)CCCC=C(S)CC. The van der Waals surface area contributed by atoms with Crippen molar-refractivity contribution in [1.82, 2.24) is 0 Å². The molecule has 0 fully saturated rings. The molecule has 0 bridgehead atoms. The maximum Gasteiger partial charge on any atom is -0.0224 e. The summed E-state index contributed by atoms with van der Waals surface area (Å²) in [6, 6.07) is 0. The summed E-state index contributed by atoms with van der Waals surface area (Å²) >= 11 is 8.39. The molecule has 0 rings (SSSR count). The Morgan fingerprint density at radius 3 is 2.55 bits per heavy atom. The Morgan fingerprint density at radius 2 is 2.09 bits per heavy atom. The van der Waals surface area contributed by atoms with Gasteiger partial charge in [0, 0.05) is 0 Å². The fourth-order valence-electron chi connectivity index (χ4n) is 0.719. The average molecular weight is 188 g/mol. The van der Waals surface area contributed by atoms with Gasteiger partial charge < -0.3 is 0 Å². The topological polar surface area (TPSA) is 0 Å². The largest absolute Gasteiger partial charge is 0.149 e. The number of hydrogen-bond acceptors (Lipinski definition) is 2. The third-order valence-corrected chi connectivity index (χ3v) is 2.13. The average Bonchev–Trinajstić information content (AvgIpc) is 1.97. The summed E-state index contributed by atoms with van der Waals surface area (Å²) in [5.74, 6) is 0. The molecule has 0 aliphatic heterocycles. The molecule has 0 radical (unpaired) electrons. The summed E-state index contributed by atoms with van der Waals surface area (Å²) in [5.41, 5.74) is 0. The van der Waals surface area contributed by atoms with Crippen LogP contribution in [0.4, 0.5) is 0 Å². The highest BCUT2D eigenvalue weighted by Gasteiger charge is 1.88. The molecule has 0 heterocycles. The number of rotatable bonds is 5. The smallest absolute Gasteiger partial charge is 0.0224 e. The van der Waals surface area contributed by atoms with E-state index in [2.05, 4.69) is 44.8 Å². The maximum atomic E-state index is 4.27. The van der Waals surface area contributed by atoms with E-state index in [1.165, 1.54) is 4.91 Å². The van der Waals surface area contributed by atoms with Crippen molar-refractivity contribution in [2.75, 3.05) is 0 Å². The third kappa shape index (κ3) is 8.08. The van der Waals surface area contributed by atoms with Crippen LogP contribution >= 0.6 is 25.3 Å². The van der Waals surface area contributed by atoms with Crippen LogP contribution in [0.3, 0.4) is 0 Å². The zero-order chi connectivity index (χ0) is 8.69. The lowest BCUT2D eigenvalue weighted by Gasteiger charge is -1.96. The van der Waals surface area contributed by atoms with E-state index in [0.29, 0.717) is 0 Å². The molecular formula is C9H16S2. The van der Waals surface area contributed by atoms with Gasteiger partial charge in [0.1, 0.15) is 0 Å². The zero-order valence-corrected chi connectivity index (χ0v) is 8.80. The predicted molar refractivity (Wildman–Crippen MR) is 59.3 cm³/mol. The summed E-state index contributed by atoms with van der Waals surface area (Å²) in [6.45, 7) is 5.82. The van der Waals surface area contributed by atoms with Gasteiger partial charge in [0.25, 0.3) is 0 Å². The molecule has 0 aliphatic rings. The molecule has 0 unspecified atom stereocenters. The van der Waals surface area contributed by atoms with Crippen LogP contribution in [-0.4, -0.2) is 0 Å². The molecule has 0 saturated carbocycles. The van der Waals surface area contributed by atoms with Crippen molar-refractivity contribution in [3.05, 3.63) is 22.5 Å². The first-order chi connectivity index (χ1) is 5.16. The molecule has 2 heteroatoms. The van der Waals surface area contributed by atoms with Gasteiger partial charge in [-0.15, -0.1) is 25.3 Å². The van der Waals surface area contributed by atoms with Crippen LogP contribution in [0.5, 0.6) is 0 Å². The molecule has 0 N–H and O–H groups in total. The van der Waals surface area contributed by atoms with E-state index in [9.17, 15) is 0 Å². The molecule has 0 nitrogen and oxygen atoms in total. The number of thiol groups is 2. The Labute approximate surface area is 80.6 Å². The van der Waals surface area contributed by atoms with E-state index in [0.717, 1.165) is 30.6 Å². The molecule has 0 aromatic carbocycles. The van der Waals surface area contributed by atoms with Crippen molar-refractivity contribution in [2.24, 2.45) is 0 Å². The van der Waals surface area contributed by atoms with E-state index in [1.54, 1.807) is 0 Å². The first kappa shape index (κ1) is 11.2. The van der Waals surface area contributed by atoms with Gasteiger partial charge in [0.15, 0.2) is 0 Å². The van der Waals surface area contributed by atoms with Gasteiger partial charge in [0.05, 0.1) is 0 Å². The monoisotopic (exact) mass is 188 g/mol. The van der Waals surface area contributed by atoms with Gasteiger partial charge in [-0.3, -0.25) is 0 Å². The fourth-order valence-corrected chi connectivity index (χ4v) is 1.01. The second-order valence-electron chi connectivity index (χ2n) is 2.51. The third-order valence-electron chi connectivity index (χ3n) is 1.41. The molecule has 64 valence electrons. The fraction of sp³-hybridized carbons (Fsp3) is 0.556. The molecule has 0 aromatic rings. The number of unbranched alkanes of at least 4 members (excludes halogenated alkanes) is 1. The molecular weight excluding hydrogens is 172 g/mol. The van der Waals surface area contributed by atoms with Crippen molar-refractivity contribution >= 4 is 25.3 Å². The first-order valence-electron chi connectivity index (χ1n) is 3.91. The molecule has 0 spiro atoms. The molecule has 11 heavy (non-hydrogen) atoms. The van der Waals surface area contributed by atoms with Crippen molar-refractivity contribution in [3.8, 4) is 0 Å². The highest BCUT2D eigenvalue weighted by atomic mass is 32.1. The van der Waals surface area contributed by atoms with Gasteiger partial charge in [-0.25, -0.2) is 0 Å². The van der Waals surface area contributed by atoms with Gasteiger partial charge in [-0.2, -0.15) is 0 Å². The van der Waals surface area contributed by atoms with Crippen LogP contribution in [0.15, 0.2) is 22.5 Å². The minimum Gasteiger partial charge on any atom is -0.149 e. The van der Waals surface area contributed by atoms with Crippen molar-refractivity contribution in [1.29, 1.82) is 0 Å². The Balaban J connectivity index is 3.33. The minimum atomic E-state index is 0.968. The van der Waals surface area contributed by atoms with Crippen molar-refractivity contribution < 1.29 is 0 Å². The highest BCUT2D eigenvalue weighted by molar-refractivity contribution is 7.84. The molecule has 0 atom stereocenters. The van der Waals surface area contributed by atoms with Crippen LogP contribution in [0.2, 0.25) is 0 Å². The van der Waals surface area contributed by atoms with Crippen molar-refractivity contribution in [2.45, 2.75) is 32.6 Å². The molecule has 0 aromatic heterocycles. The minimum absolute atomic E-state index is 0.968. The lowest BCUT2D eigenvalue weighted by atomic mass is 10.2. The van der Waals surface area contributed by atoms with Crippen LogP contribution in [0, 0.1) is 0 Å². The second kappa shape index (κ2) is 6.86. The second-order valence-corrected chi connectivity index (χ2v) is 3.71. The van der Waals surface area contributed by atoms with Crippen molar-refractivity contribution in [3.63, 3.8) is 0 Å². The Morgan fingerprint density at radius 1 is 1.45 bits per heavy atom. The van der Waals surface area contributed by atoms with Gasteiger partial charge in [-0.05, 0) is 35.5 Å². The Hall–Kier alpha value is 0.180. The van der Waals surface area contributed by atoms with E-state index in [4.69, 9.17) is 0 Å². The Kier molecular flexibility index (Phi) is 6.98. The summed E-state index contributed by atoms with van der Waals surface area (Å²) < 4.78 is 0. The lowest BCUT2D eigenvalue weighted by Crippen LogP contribution is -1.74. The first-order valence-corrected chi connectivity index (χ1v) is 4.81. The summed E-state index contributed by atoms with van der Waals surface area (Å²) in [7, 11) is 0. The van der Waals surface area contributed by atoms with Crippen LogP contribution in [0.25, 0.3) is 0 Å². The highest BCUT2D eigenvalue weighted by Crippen LogP contribution is 2.12. The standard InChI is InChI=1S/C9H16S2/c1-3-9(11)7-5-4-6-8(2)10/h7,10-11H,2-6H2,1H3. The quantitative estimate of drug-likeness (QED) is 0.475. The van der Waals surface area contributed by atoms with Crippen LogP contribution in [0.1, 0.15) is 32.6 Å².